The van der Waals surface area contributed by atoms with Gasteiger partial charge >= 0.3 is 5.63 Å². The van der Waals surface area contributed by atoms with Gasteiger partial charge in [-0.1, -0.05) is 18.2 Å². The van der Waals surface area contributed by atoms with Gasteiger partial charge in [0, 0.05) is 17.4 Å². The minimum Gasteiger partial charge on any atom is -0.423 e. The van der Waals surface area contributed by atoms with Crippen LogP contribution in [0.1, 0.15) is 18.9 Å². The van der Waals surface area contributed by atoms with Gasteiger partial charge < -0.3 is 4.42 Å². The van der Waals surface area contributed by atoms with Crippen molar-refractivity contribution in [2.45, 2.75) is 19.8 Å². The number of para-hydroxylation sites is 1. The van der Waals surface area contributed by atoms with Crippen LogP contribution in [0.25, 0.3) is 11.0 Å². The molecule has 18 heavy (non-hydrogen) atoms. The highest BCUT2D eigenvalue weighted by molar-refractivity contribution is 5.98. The topological polar surface area (TPSA) is 64.3 Å². The number of carbonyl (C=O) groups excluding carboxylic acids is 2. The SMILES string of the molecule is CC(=O)CC(=O)Cc1cc2ccccc2oc1=O. The molecule has 0 aliphatic rings. The highest BCUT2D eigenvalue weighted by Crippen LogP contribution is 2.13. The number of ketones is 2. The molecule has 2 aromatic rings. The van der Waals surface area contributed by atoms with Crippen LogP contribution in [-0.2, 0) is 16.0 Å². The van der Waals surface area contributed by atoms with Crippen molar-refractivity contribution in [2.24, 2.45) is 0 Å². The third-order valence-corrected chi connectivity index (χ3v) is 2.55. The smallest absolute Gasteiger partial charge is 0.339 e. The molecule has 1 aromatic heterocycles. The Kier molecular flexibility index (Phi) is 3.37. The molecule has 0 unspecified atom stereocenters. The molecule has 0 fully saturated rings. The van der Waals surface area contributed by atoms with Crippen LogP contribution < -0.4 is 5.63 Å². The lowest BCUT2D eigenvalue weighted by Crippen LogP contribution is -2.14. The normalized spacial score (nSPS) is 10.5. The van der Waals surface area contributed by atoms with Gasteiger partial charge in [-0.3, -0.25) is 9.59 Å². The lowest BCUT2D eigenvalue weighted by atomic mass is 10.1. The van der Waals surface area contributed by atoms with E-state index in [1.165, 1.54) is 6.92 Å². The molecule has 0 atom stereocenters. The van der Waals surface area contributed by atoms with E-state index in [4.69, 9.17) is 4.42 Å². The zero-order chi connectivity index (χ0) is 13.1. The molecule has 1 aromatic carbocycles. The summed E-state index contributed by atoms with van der Waals surface area (Å²) in [6.45, 7) is 1.35. The summed E-state index contributed by atoms with van der Waals surface area (Å²) in [4.78, 5) is 34.0. The summed E-state index contributed by atoms with van der Waals surface area (Å²) in [6, 6.07) is 8.73. The van der Waals surface area contributed by atoms with E-state index >= 15 is 0 Å². The van der Waals surface area contributed by atoms with Crippen LogP contribution in [-0.4, -0.2) is 11.6 Å². The monoisotopic (exact) mass is 244 g/mol. The number of carbonyl (C=O) groups is 2. The molecule has 0 radical (unpaired) electrons. The number of rotatable bonds is 4. The maximum absolute atomic E-state index is 11.7. The zero-order valence-electron chi connectivity index (χ0n) is 9.93. The predicted molar refractivity (Wildman–Crippen MR) is 66.5 cm³/mol. The first-order valence-electron chi connectivity index (χ1n) is 5.59. The van der Waals surface area contributed by atoms with E-state index in [1.807, 2.05) is 6.07 Å². The van der Waals surface area contributed by atoms with Gasteiger partial charge in [0.2, 0.25) is 0 Å². The number of hydrogen-bond donors (Lipinski definition) is 0. The molecular formula is C14H12O4. The molecule has 0 spiro atoms. The Labute approximate surface area is 103 Å². The summed E-state index contributed by atoms with van der Waals surface area (Å²) in [7, 11) is 0. The van der Waals surface area contributed by atoms with E-state index in [1.54, 1.807) is 24.3 Å². The van der Waals surface area contributed by atoms with Crippen LogP contribution in [0, 0.1) is 0 Å². The summed E-state index contributed by atoms with van der Waals surface area (Å²) in [5.74, 6) is -0.477. The van der Waals surface area contributed by atoms with Gasteiger partial charge in [0.15, 0.2) is 0 Å². The largest absolute Gasteiger partial charge is 0.423 e. The number of fused-ring (bicyclic) bond motifs is 1. The third kappa shape index (κ3) is 2.71. The van der Waals surface area contributed by atoms with Crippen LogP contribution in [0.15, 0.2) is 39.5 Å². The summed E-state index contributed by atoms with van der Waals surface area (Å²) < 4.78 is 5.11. The summed E-state index contributed by atoms with van der Waals surface area (Å²) in [5, 5.41) is 0.766. The molecule has 4 nitrogen and oxygen atoms in total. The van der Waals surface area contributed by atoms with Crippen molar-refractivity contribution >= 4 is 22.5 Å². The second-order valence-electron chi connectivity index (χ2n) is 4.19. The number of Topliss-reactive ketones (excluding diaryl/α,β-unsaturated/α-hetero) is 2. The Morgan fingerprint density at radius 1 is 1.22 bits per heavy atom. The predicted octanol–water partition coefficient (Wildman–Crippen LogP) is 1.88. The molecule has 0 aliphatic carbocycles. The van der Waals surface area contributed by atoms with Crippen molar-refractivity contribution in [1.82, 2.24) is 0 Å². The second kappa shape index (κ2) is 4.96. The van der Waals surface area contributed by atoms with Gasteiger partial charge in [0.25, 0.3) is 0 Å². The minimum absolute atomic E-state index is 0.0628. The Bertz CT molecular complexity index is 667. The maximum Gasteiger partial charge on any atom is 0.339 e. The van der Waals surface area contributed by atoms with E-state index in [-0.39, 0.29) is 24.4 Å². The number of benzene rings is 1. The van der Waals surface area contributed by atoms with Crippen LogP contribution in [0.2, 0.25) is 0 Å². The Morgan fingerprint density at radius 3 is 2.67 bits per heavy atom. The van der Waals surface area contributed by atoms with E-state index in [0.29, 0.717) is 11.1 Å². The highest BCUT2D eigenvalue weighted by Gasteiger charge is 2.11. The molecule has 0 saturated carbocycles. The lowest BCUT2D eigenvalue weighted by Gasteiger charge is -2.00. The quantitative estimate of drug-likeness (QED) is 0.608. The van der Waals surface area contributed by atoms with Crippen molar-refractivity contribution < 1.29 is 14.0 Å². The molecule has 92 valence electrons. The minimum atomic E-state index is -0.523. The van der Waals surface area contributed by atoms with E-state index < -0.39 is 5.63 Å². The first kappa shape index (κ1) is 12.2. The standard InChI is InChI=1S/C14H12O4/c1-9(15)6-12(16)8-11-7-10-4-2-3-5-13(10)18-14(11)17/h2-5,7H,6,8H2,1H3. The lowest BCUT2D eigenvalue weighted by molar-refractivity contribution is -0.125. The Morgan fingerprint density at radius 2 is 1.94 bits per heavy atom. The average molecular weight is 244 g/mol. The molecule has 1 heterocycles. The molecule has 0 bridgehead atoms. The van der Waals surface area contributed by atoms with E-state index in [0.717, 1.165) is 5.39 Å². The zero-order valence-corrected chi connectivity index (χ0v) is 9.93. The fourth-order valence-corrected chi connectivity index (χ4v) is 1.78. The summed E-state index contributed by atoms with van der Waals surface area (Å²) in [6.07, 6.45) is -0.209. The van der Waals surface area contributed by atoms with Crippen molar-refractivity contribution in [2.75, 3.05) is 0 Å². The second-order valence-corrected chi connectivity index (χ2v) is 4.19. The van der Waals surface area contributed by atoms with Gasteiger partial charge in [0.05, 0.1) is 6.42 Å². The van der Waals surface area contributed by atoms with Crippen molar-refractivity contribution in [3.63, 3.8) is 0 Å². The van der Waals surface area contributed by atoms with E-state index in [2.05, 4.69) is 0 Å². The van der Waals surface area contributed by atoms with Crippen molar-refractivity contribution in [3.8, 4) is 0 Å². The van der Waals surface area contributed by atoms with Crippen molar-refractivity contribution in [1.29, 1.82) is 0 Å². The van der Waals surface area contributed by atoms with Gasteiger partial charge in [-0.25, -0.2) is 4.79 Å². The van der Waals surface area contributed by atoms with Crippen LogP contribution in [0.5, 0.6) is 0 Å². The fraction of sp³-hybridized carbons (Fsp3) is 0.214. The Balaban J connectivity index is 2.33. The van der Waals surface area contributed by atoms with Gasteiger partial charge in [-0.15, -0.1) is 0 Å². The molecular weight excluding hydrogens is 232 g/mol. The van der Waals surface area contributed by atoms with Gasteiger partial charge in [-0.2, -0.15) is 0 Å². The highest BCUT2D eigenvalue weighted by atomic mass is 16.4. The molecule has 0 saturated heterocycles. The van der Waals surface area contributed by atoms with Gasteiger partial charge in [-0.05, 0) is 19.1 Å². The molecule has 4 heteroatoms. The Hall–Kier alpha value is -2.23. The first-order chi connectivity index (χ1) is 8.56. The first-order valence-corrected chi connectivity index (χ1v) is 5.59. The summed E-state index contributed by atoms with van der Waals surface area (Å²) >= 11 is 0. The van der Waals surface area contributed by atoms with Crippen LogP contribution >= 0.6 is 0 Å². The van der Waals surface area contributed by atoms with Gasteiger partial charge in [0.1, 0.15) is 17.1 Å². The van der Waals surface area contributed by atoms with Crippen molar-refractivity contribution in [3.05, 3.63) is 46.3 Å². The van der Waals surface area contributed by atoms with E-state index in [9.17, 15) is 14.4 Å². The molecule has 0 aliphatic heterocycles. The van der Waals surface area contributed by atoms with Crippen LogP contribution in [0.4, 0.5) is 0 Å². The average Bonchev–Trinajstić information content (AvgIpc) is 2.29. The fourth-order valence-electron chi connectivity index (χ4n) is 1.78. The number of hydrogen-bond acceptors (Lipinski definition) is 4. The van der Waals surface area contributed by atoms with Crippen LogP contribution in [0.3, 0.4) is 0 Å². The maximum atomic E-state index is 11.7. The third-order valence-electron chi connectivity index (χ3n) is 2.55. The molecule has 0 N–H and O–H groups in total. The molecule has 2 rings (SSSR count). The molecule has 0 amide bonds. The summed E-state index contributed by atoms with van der Waals surface area (Å²) in [5.41, 5.74) is 0.260.